The van der Waals surface area contributed by atoms with E-state index in [9.17, 15) is 10.2 Å². The topological polar surface area (TPSA) is 98.7 Å². The standard InChI is InChI=1S/C17H16ClN3O3/c1-17(2,3)24-21-15(16-13(22)5-4-6-20-16)11-7-10(9-19)12(18)8-14(11)23/h4-8,22-23H,1-3H3. The summed E-state index contributed by atoms with van der Waals surface area (Å²) in [6, 6.07) is 7.54. The highest BCUT2D eigenvalue weighted by Gasteiger charge is 2.21. The number of pyridine rings is 1. The van der Waals surface area contributed by atoms with Gasteiger partial charge in [0.2, 0.25) is 0 Å². The molecule has 2 aromatic rings. The second-order valence-corrected chi connectivity index (χ2v) is 6.38. The maximum atomic E-state index is 10.2. The Morgan fingerprint density at radius 2 is 2.00 bits per heavy atom. The monoisotopic (exact) mass is 345 g/mol. The molecule has 0 aliphatic rings. The molecular formula is C17H16ClN3O3. The van der Waals surface area contributed by atoms with Gasteiger partial charge in [0.25, 0.3) is 0 Å². The summed E-state index contributed by atoms with van der Waals surface area (Å²) in [6.07, 6.45) is 1.47. The van der Waals surface area contributed by atoms with Crippen molar-refractivity contribution >= 4 is 17.3 Å². The quantitative estimate of drug-likeness (QED) is 0.654. The van der Waals surface area contributed by atoms with Crippen LogP contribution in [0.1, 0.15) is 37.6 Å². The van der Waals surface area contributed by atoms with E-state index < -0.39 is 5.60 Å². The lowest BCUT2D eigenvalue weighted by Gasteiger charge is -2.18. The van der Waals surface area contributed by atoms with Crippen molar-refractivity contribution in [2.24, 2.45) is 5.16 Å². The third kappa shape index (κ3) is 3.94. The Labute approximate surface area is 144 Å². The van der Waals surface area contributed by atoms with Crippen LogP contribution in [0.15, 0.2) is 35.6 Å². The third-order valence-electron chi connectivity index (χ3n) is 2.88. The molecular weight excluding hydrogens is 330 g/mol. The number of nitriles is 1. The molecule has 0 atom stereocenters. The van der Waals surface area contributed by atoms with Crippen LogP contribution in [0.3, 0.4) is 0 Å². The maximum Gasteiger partial charge on any atom is 0.143 e. The fraction of sp³-hybridized carbons (Fsp3) is 0.235. The summed E-state index contributed by atoms with van der Waals surface area (Å²) in [5.41, 5.74) is -0.0649. The first-order valence-corrected chi connectivity index (χ1v) is 7.44. The van der Waals surface area contributed by atoms with E-state index in [2.05, 4.69) is 10.1 Å². The zero-order valence-corrected chi connectivity index (χ0v) is 14.2. The Bertz CT molecular complexity index is 836. The van der Waals surface area contributed by atoms with Crippen molar-refractivity contribution in [2.75, 3.05) is 0 Å². The molecule has 1 aromatic carbocycles. The lowest BCUT2D eigenvalue weighted by molar-refractivity contribution is 0.00109. The Kier molecular flexibility index (Phi) is 4.96. The molecule has 0 spiro atoms. The zero-order chi connectivity index (χ0) is 17.9. The largest absolute Gasteiger partial charge is 0.507 e. The fourth-order valence-electron chi connectivity index (χ4n) is 1.82. The van der Waals surface area contributed by atoms with Crippen LogP contribution in [0, 0.1) is 11.3 Å². The van der Waals surface area contributed by atoms with Crippen molar-refractivity contribution in [1.29, 1.82) is 5.26 Å². The van der Waals surface area contributed by atoms with E-state index >= 15 is 0 Å². The number of oxime groups is 1. The molecule has 2 N–H and O–H groups in total. The first kappa shape index (κ1) is 17.6. The van der Waals surface area contributed by atoms with E-state index in [1.54, 1.807) is 26.8 Å². The molecule has 0 saturated carbocycles. The first-order chi connectivity index (χ1) is 11.2. The van der Waals surface area contributed by atoms with Gasteiger partial charge in [-0.2, -0.15) is 5.26 Å². The van der Waals surface area contributed by atoms with E-state index in [1.165, 1.54) is 24.4 Å². The van der Waals surface area contributed by atoms with Crippen LogP contribution >= 0.6 is 11.6 Å². The third-order valence-corrected chi connectivity index (χ3v) is 3.20. The molecule has 24 heavy (non-hydrogen) atoms. The van der Waals surface area contributed by atoms with Crippen LogP contribution in [-0.2, 0) is 4.84 Å². The lowest BCUT2D eigenvalue weighted by atomic mass is 10.0. The van der Waals surface area contributed by atoms with Gasteiger partial charge in [-0.1, -0.05) is 16.8 Å². The number of aromatic nitrogens is 1. The number of hydrogen-bond acceptors (Lipinski definition) is 6. The second kappa shape index (κ2) is 6.77. The number of phenols is 1. The first-order valence-electron chi connectivity index (χ1n) is 7.06. The van der Waals surface area contributed by atoms with Crippen molar-refractivity contribution < 1.29 is 15.1 Å². The predicted octanol–water partition coefficient (Wildman–Crippen LogP) is 3.59. The molecule has 0 fully saturated rings. The van der Waals surface area contributed by atoms with Gasteiger partial charge in [0, 0.05) is 17.8 Å². The van der Waals surface area contributed by atoms with Crippen molar-refractivity contribution in [3.05, 3.63) is 52.3 Å². The summed E-state index contributed by atoms with van der Waals surface area (Å²) in [6.45, 7) is 5.40. The molecule has 2 rings (SSSR count). The molecule has 0 radical (unpaired) electrons. The minimum atomic E-state index is -0.601. The summed E-state index contributed by atoms with van der Waals surface area (Å²) in [5, 5.41) is 33.6. The van der Waals surface area contributed by atoms with E-state index in [1.807, 2.05) is 6.07 Å². The van der Waals surface area contributed by atoms with Gasteiger partial charge >= 0.3 is 0 Å². The van der Waals surface area contributed by atoms with E-state index in [0.29, 0.717) is 0 Å². The number of aromatic hydroxyl groups is 2. The number of nitrogens with zero attached hydrogens (tertiary/aromatic N) is 3. The second-order valence-electron chi connectivity index (χ2n) is 5.98. The number of halogens is 1. The molecule has 0 bridgehead atoms. The van der Waals surface area contributed by atoms with Crippen LogP contribution in [0.5, 0.6) is 11.5 Å². The van der Waals surface area contributed by atoms with Gasteiger partial charge < -0.3 is 15.1 Å². The normalized spacial score (nSPS) is 11.9. The van der Waals surface area contributed by atoms with Gasteiger partial charge in [0.05, 0.1) is 10.6 Å². The van der Waals surface area contributed by atoms with E-state index in [-0.39, 0.29) is 39.1 Å². The van der Waals surface area contributed by atoms with Crippen molar-refractivity contribution in [3.8, 4) is 17.6 Å². The highest BCUT2D eigenvalue weighted by molar-refractivity contribution is 6.32. The average molecular weight is 346 g/mol. The summed E-state index contributed by atoms with van der Waals surface area (Å²) in [4.78, 5) is 9.51. The molecule has 7 heteroatoms. The highest BCUT2D eigenvalue weighted by atomic mass is 35.5. The molecule has 0 amide bonds. The van der Waals surface area contributed by atoms with Crippen LogP contribution < -0.4 is 0 Å². The van der Waals surface area contributed by atoms with Gasteiger partial charge in [-0.3, -0.25) is 4.98 Å². The Morgan fingerprint density at radius 1 is 1.29 bits per heavy atom. The number of benzene rings is 1. The number of hydrogen-bond donors (Lipinski definition) is 2. The average Bonchev–Trinajstić information content (AvgIpc) is 2.49. The number of rotatable bonds is 3. The SMILES string of the molecule is CC(C)(C)ON=C(c1cc(C#N)c(Cl)cc1O)c1ncccc1O. The minimum absolute atomic E-state index is 0.0914. The van der Waals surface area contributed by atoms with Crippen molar-refractivity contribution in [3.63, 3.8) is 0 Å². The molecule has 0 aliphatic heterocycles. The lowest BCUT2D eigenvalue weighted by Crippen LogP contribution is -2.18. The maximum absolute atomic E-state index is 10.2. The molecule has 6 nitrogen and oxygen atoms in total. The number of phenolic OH excluding ortho intramolecular Hbond substituents is 1. The fourth-order valence-corrected chi connectivity index (χ4v) is 2.02. The molecule has 124 valence electrons. The van der Waals surface area contributed by atoms with E-state index in [4.69, 9.17) is 21.7 Å². The van der Waals surface area contributed by atoms with Gasteiger partial charge in [0.15, 0.2) is 0 Å². The summed E-state index contributed by atoms with van der Waals surface area (Å²) >= 11 is 5.91. The van der Waals surface area contributed by atoms with Gasteiger partial charge in [-0.25, -0.2) is 0 Å². The van der Waals surface area contributed by atoms with Crippen LogP contribution in [0.4, 0.5) is 0 Å². The highest BCUT2D eigenvalue weighted by Crippen LogP contribution is 2.30. The Balaban J connectivity index is 2.68. The smallest absolute Gasteiger partial charge is 0.143 e. The zero-order valence-electron chi connectivity index (χ0n) is 13.4. The Morgan fingerprint density at radius 3 is 2.58 bits per heavy atom. The van der Waals surface area contributed by atoms with Gasteiger partial charge in [-0.05, 0) is 39.0 Å². The Hall–Kier alpha value is -2.78. The minimum Gasteiger partial charge on any atom is -0.507 e. The summed E-state index contributed by atoms with van der Waals surface area (Å²) < 4.78 is 0. The van der Waals surface area contributed by atoms with Crippen molar-refractivity contribution in [1.82, 2.24) is 4.98 Å². The molecule has 1 aromatic heterocycles. The molecule has 0 unspecified atom stereocenters. The van der Waals surface area contributed by atoms with Crippen LogP contribution in [0.2, 0.25) is 5.02 Å². The summed E-state index contributed by atoms with van der Waals surface area (Å²) in [7, 11) is 0. The molecule has 0 saturated heterocycles. The molecule has 0 aliphatic carbocycles. The van der Waals surface area contributed by atoms with Gasteiger partial charge in [0.1, 0.15) is 34.6 Å². The van der Waals surface area contributed by atoms with Crippen LogP contribution in [0.25, 0.3) is 0 Å². The van der Waals surface area contributed by atoms with Crippen molar-refractivity contribution in [2.45, 2.75) is 26.4 Å². The van der Waals surface area contributed by atoms with E-state index in [0.717, 1.165) is 0 Å². The molecule has 1 heterocycles. The summed E-state index contributed by atoms with van der Waals surface area (Å²) in [5.74, 6) is -0.345. The van der Waals surface area contributed by atoms with Crippen LogP contribution in [-0.4, -0.2) is 26.5 Å². The predicted molar refractivity (Wildman–Crippen MR) is 90.2 cm³/mol. The van der Waals surface area contributed by atoms with Gasteiger partial charge in [-0.15, -0.1) is 0 Å².